The molecular formula is C22H27NO5. The third-order valence-corrected chi connectivity index (χ3v) is 4.52. The second kappa shape index (κ2) is 10.3. The van der Waals surface area contributed by atoms with Crippen LogP contribution in [-0.4, -0.2) is 51.2 Å². The second-order valence-corrected chi connectivity index (χ2v) is 6.48. The van der Waals surface area contributed by atoms with E-state index in [1.165, 1.54) is 7.11 Å². The molecule has 0 radical (unpaired) electrons. The molecule has 1 atom stereocenters. The number of carbonyl (C=O) groups is 2. The molecule has 0 aliphatic carbocycles. The summed E-state index contributed by atoms with van der Waals surface area (Å²) in [6.45, 7) is 2.51. The zero-order valence-corrected chi connectivity index (χ0v) is 16.8. The summed E-state index contributed by atoms with van der Waals surface area (Å²) in [5, 5.41) is 0. The van der Waals surface area contributed by atoms with Crippen molar-refractivity contribution in [3.63, 3.8) is 0 Å². The molecule has 1 unspecified atom stereocenters. The number of methoxy groups -OCH3 is 3. The van der Waals surface area contributed by atoms with E-state index < -0.39 is 5.92 Å². The van der Waals surface area contributed by atoms with Gasteiger partial charge in [0.1, 0.15) is 0 Å². The van der Waals surface area contributed by atoms with E-state index >= 15 is 0 Å². The van der Waals surface area contributed by atoms with Crippen LogP contribution in [0.1, 0.15) is 22.8 Å². The number of benzene rings is 2. The molecule has 0 spiro atoms. The summed E-state index contributed by atoms with van der Waals surface area (Å²) in [6.07, 6.45) is 0.618. The Morgan fingerprint density at radius 2 is 1.64 bits per heavy atom. The van der Waals surface area contributed by atoms with Crippen LogP contribution in [0, 0.1) is 5.92 Å². The first-order valence-corrected chi connectivity index (χ1v) is 9.13. The Kier molecular flexibility index (Phi) is 7.87. The molecule has 0 aromatic heterocycles. The first-order chi connectivity index (χ1) is 13.5. The third kappa shape index (κ3) is 5.49. The standard InChI is InChI=1S/C22H27NO5/c1-16(22(25)28-4)15-23(21(24)18-8-6-5-7-9-18)13-12-17-10-11-19(26-2)20(14-17)27-3/h5-11,14,16H,12-13,15H2,1-4H3. The molecule has 0 fully saturated rings. The zero-order valence-electron chi connectivity index (χ0n) is 16.8. The maximum absolute atomic E-state index is 13.0. The number of hydrogen-bond donors (Lipinski definition) is 0. The van der Waals surface area contributed by atoms with E-state index in [1.54, 1.807) is 38.2 Å². The summed E-state index contributed by atoms with van der Waals surface area (Å²) in [4.78, 5) is 26.5. The highest BCUT2D eigenvalue weighted by Crippen LogP contribution is 2.27. The fourth-order valence-corrected chi connectivity index (χ4v) is 2.95. The van der Waals surface area contributed by atoms with Crippen molar-refractivity contribution in [3.8, 4) is 11.5 Å². The van der Waals surface area contributed by atoms with Crippen molar-refractivity contribution in [1.82, 2.24) is 4.90 Å². The van der Waals surface area contributed by atoms with Crippen molar-refractivity contribution in [3.05, 3.63) is 59.7 Å². The Balaban J connectivity index is 2.17. The number of esters is 1. The van der Waals surface area contributed by atoms with Gasteiger partial charge >= 0.3 is 5.97 Å². The van der Waals surface area contributed by atoms with Crippen LogP contribution >= 0.6 is 0 Å². The topological polar surface area (TPSA) is 65.1 Å². The number of nitrogens with zero attached hydrogens (tertiary/aromatic N) is 1. The van der Waals surface area contributed by atoms with Gasteiger partial charge in [0.25, 0.3) is 5.91 Å². The van der Waals surface area contributed by atoms with Crippen LogP contribution in [0.3, 0.4) is 0 Å². The first kappa shape index (κ1) is 21.3. The Morgan fingerprint density at radius 1 is 0.964 bits per heavy atom. The molecule has 0 bridgehead atoms. The predicted molar refractivity (Wildman–Crippen MR) is 107 cm³/mol. The van der Waals surface area contributed by atoms with Gasteiger partial charge in [-0.25, -0.2) is 0 Å². The lowest BCUT2D eigenvalue weighted by atomic mass is 10.1. The molecular weight excluding hydrogens is 358 g/mol. The fourth-order valence-electron chi connectivity index (χ4n) is 2.95. The Hall–Kier alpha value is -3.02. The molecule has 0 saturated heterocycles. The fraction of sp³-hybridized carbons (Fsp3) is 0.364. The number of amides is 1. The molecule has 2 aromatic rings. The van der Waals surface area contributed by atoms with Crippen molar-refractivity contribution in [2.24, 2.45) is 5.92 Å². The molecule has 1 amide bonds. The summed E-state index contributed by atoms with van der Waals surface area (Å²) in [6, 6.07) is 14.7. The molecule has 2 aromatic carbocycles. The van der Waals surface area contributed by atoms with Crippen molar-refractivity contribution < 1.29 is 23.8 Å². The van der Waals surface area contributed by atoms with Crippen LogP contribution in [0.4, 0.5) is 0 Å². The SMILES string of the molecule is COC(=O)C(C)CN(CCc1ccc(OC)c(OC)c1)C(=O)c1ccccc1. The lowest BCUT2D eigenvalue weighted by molar-refractivity contribution is -0.145. The van der Waals surface area contributed by atoms with Gasteiger partial charge in [0.2, 0.25) is 0 Å². The largest absolute Gasteiger partial charge is 0.493 e. The van der Waals surface area contributed by atoms with Crippen LogP contribution in [0.5, 0.6) is 11.5 Å². The highest BCUT2D eigenvalue weighted by atomic mass is 16.5. The molecule has 6 heteroatoms. The van der Waals surface area contributed by atoms with E-state index in [4.69, 9.17) is 14.2 Å². The molecule has 2 rings (SSSR count). The minimum Gasteiger partial charge on any atom is -0.493 e. The van der Waals surface area contributed by atoms with Crippen molar-refractivity contribution >= 4 is 11.9 Å². The van der Waals surface area contributed by atoms with Gasteiger partial charge in [-0.3, -0.25) is 9.59 Å². The molecule has 0 N–H and O–H groups in total. The molecule has 150 valence electrons. The minimum atomic E-state index is -0.414. The highest BCUT2D eigenvalue weighted by Gasteiger charge is 2.22. The van der Waals surface area contributed by atoms with Gasteiger partial charge in [-0.05, 0) is 36.2 Å². The van der Waals surface area contributed by atoms with Gasteiger partial charge in [-0.1, -0.05) is 31.2 Å². The number of carbonyl (C=O) groups excluding carboxylic acids is 2. The third-order valence-electron chi connectivity index (χ3n) is 4.52. The van der Waals surface area contributed by atoms with Gasteiger partial charge in [0.15, 0.2) is 11.5 Å². The zero-order chi connectivity index (χ0) is 20.5. The maximum atomic E-state index is 13.0. The minimum absolute atomic E-state index is 0.114. The van der Waals surface area contributed by atoms with Crippen molar-refractivity contribution in [2.75, 3.05) is 34.4 Å². The van der Waals surface area contributed by atoms with Gasteiger partial charge in [-0.15, -0.1) is 0 Å². The van der Waals surface area contributed by atoms with Crippen LogP contribution < -0.4 is 9.47 Å². The smallest absolute Gasteiger partial charge is 0.310 e. The van der Waals surface area contributed by atoms with E-state index in [9.17, 15) is 9.59 Å². The van der Waals surface area contributed by atoms with E-state index in [2.05, 4.69) is 0 Å². The van der Waals surface area contributed by atoms with E-state index in [0.29, 0.717) is 30.0 Å². The molecule has 6 nitrogen and oxygen atoms in total. The molecule has 0 aliphatic heterocycles. The van der Waals surface area contributed by atoms with Crippen LogP contribution in [-0.2, 0) is 16.0 Å². The monoisotopic (exact) mass is 385 g/mol. The summed E-state index contributed by atoms with van der Waals surface area (Å²) >= 11 is 0. The molecule has 0 aliphatic rings. The average Bonchev–Trinajstić information content (AvgIpc) is 2.75. The Labute approximate surface area is 166 Å². The lowest BCUT2D eigenvalue weighted by Crippen LogP contribution is -2.38. The van der Waals surface area contributed by atoms with Gasteiger partial charge in [0, 0.05) is 18.7 Å². The van der Waals surface area contributed by atoms with Crippen molar-refractivity contribution in [1.29, 1.82) is 0 Å². The Bertz CT molecular complexity index is 791. The average molecular weight is 385 g/mol. The normalized spacial score (nSPS) is 11.4. The van der Waals surface area contributed by atoms with Crippen LogP contribution in [0.2, 0.25) is 0 Å². The Morgan fingerprint density at radius 3 is 2.25 bits per heavy atom. The van der Waals surface area contributed by atoms with Gasteiger partial charge in [0.05, 0.1) is 27.2 Å². The highest BCUT2D eigenvalue weighted by molar-refractivity contribution is 5.94. The van der Waals surface area contributed by atoms with E-state index in [-0.39, 0.29) is 18.4 Å². The molecule has 28 heavy (non-hydrogen) atoms. The summed E-state index contributed by atoms with van der Waals surface area (Å²) in [5.41, 5.74) is 1.60. The first-order valence-electron chi connectivity index (χ1n) is 9.13. The molecule has 0 saturated carbocycles. The summed E-state index contributed by atoms with van der Waals surface area (Å²) in [5.74, 6) is 0.434. The van der Waals surface area contributed by atoms with Crippen LogP contribution in [0.15, 0.2) is 48.5 Å². The maximum Gasteiger partial charge on any atom is 0.310 e. The van der Waals surface area contributed by atoms with Gasteiger partial charge in [-0.2, -0.15) is 0 Å². The van der Waals surface area contributed by atoms with E-state index in [0.717, 1.165) is 5.56 Å². The number of hydrogen-bond acceptors (Lipinski definition) is 5. The van der Waals surface area contributed by atoms with Crippen molar-refractivity contribution in [2.45, 2.75) is 13.3 Å². The summed E-state index contributed by atoms with van der Waals surface area (Å²) in [7, 11) is 4.53. The molecule has 0 heterocycles. The number of rotatable bonds is 9. The van der Waals surface area contributed by atoms with E-state index in [1.807, 2.05) is 36.4 Å². The lowest BCUT2D eigenvalue weighted by Gasteiger charge is -2.25. The predicted octanol–water partition coefficient (Wildman–Crippen LogP) is 3.20. The van der Waals surface area contributed by atoms with Gasteiger partial charge < -0.3 is 19.1 Å². The quantitative estimate of drug-likeness (QED) is 0.620. The summed E-state index contributed by atoms with van der Waals surface area (Å²) < 4.78 is 15.4. The number of ether oxygens (including phenoxy) is 3. The second-order valence-electron chi connectivity index (χ2n) is 6.48. The van der Waals surface area contributed by atoms with Crippen LogP contribution in [0.25, 0.3) is 0 Å².